The fourth-order valence-electron chi connectivity index (χ4n) is 2.19. The SMILES string of the molecule is CCc1nn(CC)c(CC(NN)c2snnc2C)c1Br. The summed E-state index contributed by atoms with van der Waals surface area (Å²) in [6.45, 7) is 6.98. The van der Waals surface area contributed by atoms with Crippen molar-refractivity contribution in [1.29, 1.82) is 0 Å². The molecule has 3 N–H and O–H groups in total. The van der Waals surface area contributed by atoms with E-state index in [1.807, 2.05) is 11.6 Å². The first-order valence-electron chi connectivity index (χ1n) is 6.61. The summed E-state index contributed by atoms with van der Waals surface area (Å²) in [7, 11) is 0. The molecule has 2 heterocycles. The van der Waals surface area contributed by atoms with Crippen LogP contribution < -0.4 is 11.3 Å². The Morgan fingerprint density at radius 3 is 2.70 bits per heavy atom. The Balaban J connectivity index is 2.32. The van der Waals surface area contributed by atoms with E-state index in [-0.39, 0.29) is 6.04 Å². The maximum Gasteiger partial charge on any atom is 0.0773 e. The van der Waals surface area contributed by atoms with Crippen LogP contribution in [0.5, 0.6) is 0 Å². The average Bonchev–Trinajstić information content (AvgIpc) is 3.00. The van der Waals surface area contributed by atoms with E-state index in [9.17, 15) is 0 Å². The normalized spacial score (nSPS) is 12.8. The lowest BCUT2D eigenvalue weighted by molar-refractivity contribution is 0.519. The number of hydrogen-bond acceptors (Lipinski definition) is 6. The van der Waals surface area contributed by atoms with Crippen molar-refractivity contribution >= 4 is 27.5 Å². The highest BCUT2D eigenvalue weighted by molar-refractivity contribution is 9.10. The van der Waals surface area contributed by atoms with Crippen LogP contribution in [0.15, 0.2) is 4.47 Å². The Labute approximate surface area is 131 Å². The zero-order valence-corrected chi connectivity index (χ0v) is 14.3. The van der Waals surface area contributed by atoms with E-state index in [1.165, 1.54) is 11.5 Å². The Kier molecular flexibility index (Phi) is 5.25. The summed E-state index contributed by atoms with van der Waals surface area (Å²) in [5.74, 6) is 5.72. The van der Waals surface area contributed by atoms with Crippen LogP contribution in [0.25, 0.3) is 0 Å². The number of nitrogens with one attached hydrogen (secondary N) is 1. The predicted octanol–water partition coefficient (Wildman–Crippen LogP) is 2.13. The molecule has 1 unspecified atom stereocenters. The van der Waals surface area contributed by atoms with E-state index in [0.29, 0.717) is 0 Å². The molecule has 0 saturated carbocycles. The molecule has 0 aromatic carbocycles. The molecule has 8 heteroatoms. The minimum Gasteiger partial charge on any atom is -0.271 e. The van der Waals surface area contributed by atoms with Crippen molar-refractivity contribution in [2.45, 2.75) is 46.2 Å². The molecule has 2 aromatic heterocycles. The molecule has 1 atom stereocenters. The largest absolute Gasteiger partial charge is 0.271 e. The molecule has 20 heavy (non-hydrogen) atoms. The van der Waals surface area contributed by atoms with Crippen LogP contribution in [-0.4, -0.2) is 19.4 Å². The number of rotatable bonds is 6. The first-order valence-corrected chi connectivity index (χ1v) is 8.17. The first kappa shape index (κ1) is 15.6. The molecular formula is C12H19BrN6S. The third-order valence-corrected chi connectivity index (χ3v) is 5.15. The molecule has 110 valence electrons. The summed E-state index contributed by atoms with van der Waals surface area (Å²) >= 11 is 5.05. The highest BCUT2D eigenvalue weighted by Crippen LogP contribution is 2.29. The smallest absolute Gasteiger partial charge is 0.0773 e. The Morgan fingerprint density at radius 1 is 1.45 bits per heavy atom. The molecule has 0 spiro atoms. The van der Waals surface area contributed by atoms with Gasteiger partial charge in [0.1, 0.15) is 0 Å². The van der Waals surface area contributed by atoms with Gasteiger partial charge in [0.25, 0.3) is 0 Å². The second-order valence-electron chi connectivity index (χ2n) is 4.52. The summed E-state index contributed by atoms with van der Waals surface area (Å²) in [4.78, 5) is 1.07. The van der Waals surface area contributed by atoms with E-state index >= 15 is 0 Å². The molecule has 0 bridgehead atoms. The Bertz CT molecular complexity index is 579. The van der Waals surface area contributed by atoms with Crippen molar-refractivity contribution < 1.29 is 0 Å². The van der Waals surface area contributed by atoms with Crippen molar-refractivity contribution in [3.8, 4) is 0 Å². The van der Waals surface area contributed by atoms with E-state index in [4.69, 9.17) is 5.84 Å². The standard InChI is InChI=1S/C12H19BrN6S/c1-4-8-11(13)10(19(5-2)17-8)6-9(15-14)12-7(3)16-18-20-12/h9,15H,4-6,14H2,1-3H3. The Morgan fingerprint density at radius 2 is 2.20 bits per heavy atom. The summed E-state index contributed by atoms with van der Waals surface area (Å²) in [6, 6.07) is -0.00185. The number of nitrogens with zero attached hydrogens (tertiary/aromatic N) is 4. The third-order valence-electron chi connectivity index (χ3n) is 3.30. The molecule has 0 aliphatic rings. The van der Waals surface area contributed by atoms with Gasteiger partial charge in [-0.15, -0.1) is 5.10 Å². The minimum absolute atomic E-state index is 0.00185. The lowest BCUT2D eigenvalue weighted by atomic mass is 10.1. The quantitative estimate of drug-likeness (QED) is 0.610. The zero-order valence-electron chi connectivity index (χ0n) is 11.9. The van der Waals surface area contributed by atoms with Gasteiger partial charge >= 0.3 is 0 Å². The molecule has 0 saturated heterocycles. The lowest BCUT2D eigenvalue weighted by Crippen LogP contribution is -2.30. The van der Waals surface area contributed by atoms with Crippen LogP contribution in [0, 0.1) is 6.92 Å². The topological polar surface area (TPSA) is 81.7 Å². The second kappa shape index (κ2) is 6.75. The predicted molar refractivity (Wildman–Crippen MR) is 83.4 cm³/mol. The van der Waals surface area contributed by atoms with Gasteiger partial charge in [-0.2, -0.15) is 5.10 Å². The number of hydrazine groups is 1. The summed E-state index contributed by atoms with van der Waals surface area (Å²) < 4.78 is 7.09. The number of aryl methyl sites for hydroxylation is 3. The third kappa shape index (κ3) is 2.93. The van der Waals surface area contributed by atoms with Gasteiger partial charge in [0.2, 0.25) is 0 Å². The molecule has 6 nitrogen and oxygen atoms in total. The fraction of sp³-hybridized carbons (Fsp3) is 0.583. The lowest BCUT2D eigenvalue weighted by Gasteiger charge is -2.15. The van der Waals surface area contributed by atoms with Crippen LogP contribution in [0.1, 0.15) is 41.8 Å². The Hall–Kier alpha value is -0.830. The van der Waals surface area contributed by atoms with Crippen LogP contribution in [-0.2, 0) is 19.4 Å². The highest BCUT2D eigenvalue weighted by Gasteiger charge is 2.22. The molecule has 0 aliphatic heterocycles. The van der Waals surface area contributed by atoms with Crippen molar-refractivity contribution in [3.63, 3.8) is 0 Å². The van der Waals surface area contributed by atoms with E-state index in [1.54, 1.807) is 0 Å². The van der Waals surface area contributed by atoms with Gasteiger partial charge in [0.05, 0.1) is 32.5 Å². The molecular weight excluding hydrogens is 340 g/mol. The number of nitrogens with two attached hydrogens (primary N) is 1. The van der Waals surface area contributed by atoms with Crippen LogP contribution in [0.4, 0.5) is 0 Å². The molecule has 0 amide bonds. The van der Waals surface area contributed by atoms with Gasteiger partial charge in [-0.3, -0.25) is 16.0 Å². The molecule has 0 fully saturated rings. The van der Waals surface area contributed by atoms with Crippen LogP contribution >= 0.6 is 27.5 Å². The highest BCUT2D eigenvalue weighted by atomic mass is 79.9. The molecule has 2 rings (SSSR count). The fourth-order valence-corrected chi connectivity index (χ4v) is 3.62. The maximum absolute atomic E-state index is 5.72. The average molecular weight is 359 g/mol. The van der Waals surface area contributed by atoms with E-state index in [0.717, 1.165) is 45.8 Å². The van der Waals surface area contributed by atoms with Gasteiger partial charge in [-0.25, -0.2) is 0 Å². The molecule has 0 aliphatic carbocycles. The van der Waals surface area contributed by atoms with Gasteiger partial charge < -0.3 is 0 Å². The van der Waals surface area contributed by atoms with Gasteiger partial charge in [0.15, 0.2) is 0 Å². The van der Waals surface area contributed by atoms with Gasteiger partial charge in [-0.05, 0) is 47.7 Å². The second-order valence-corrected chi connectivity index (χ2v) is 6.10. The van der Waals surface area contributed by atoms with Gasteiger partial charge in [0, 0.05) is 13.0 Å². The number of halogens is 1. The van der Waals surface area contributed by atoms with Gasteiger partial charge in [-0.1, -0.05) is 11.4 Å². The summed E-state index contributed by atoms with van der Waals surface area (Å²) in [5.41, 5.74) is 6.02. The summed E-state index contributed by atoms with van der Waals surface area (Å²) in [5, 5.41) is 8.66. The number of aromatic nitrogens is 4. The minimum atomic E-state index is -0.00185. The van der Waals surface area contributed by atoms with Crippen LogP contribution in [0.2, 0.25) is 0 Å². The van der Waals surface area contributed by atoms with E-state index < -0.39 is 0 Å². The molecule has 0 radical (unpaired) electrons. The maximum atomic E-state index is 5.72. The van der Waals surface area contributed by atoms with E-state index in [2.05, 4.69) is 49.9 Å². The monoisotopic (exact) mass is 358 g/mol. The van der Waals surface area contributed by atoms with Crippen molar-refractivity contribution in [2.75, 3.05) is 0 Å². The number of hydrogen-bond donors (Lipinski definition) is 2. The zero-order chi connectivity index (χ0) is 14.7. The van der Waals surface area contributed by atoms with Crippen molar-refractivity contribution in [2.24, 2.45) is 5.84 Å². The van der Waals surface area contributed by atoms with Crippen molar-refractivity contribution in [1.82, 2.24) is 24.8 Å². The van der Waals surface area contributed by atoms with Crippen LogP contribution in [0.3, 0.4) is 0 Å². The molecule has 2 aromatic rings. The first-order chi connectivity index (χ1) is 9.62. The summed E-state index contributed by atoms with van der Waals surface area (Å²) in [6.07, 6.45) is 1.66. The van der Waals surface area contributed by atoms with Crippen molar-refractivity contribution in [3.05, 3.63) is 26.4 Å².